The first-order chi connectivity index (χ1) is 10.4. The molecule has 3 heteroatoms. The maximum Gasteiger partial charge on any atom is 0.138 e. The van der Waals surface area contributed by atoms with Crippen LogP contribution in [0.5, 0.6) is 0 Å². The van der Waals surface area contributed by atoms with E-state index in [-0.39, 0.29) is 11.0 Å². The summed E-state index contributed by atoms with van der Waals surface area (Å²) >= 11 is 1.21. The molecule has 0 bridgehead atoms. The van der Waals surface area contributed by atoms with E-state index in [4.69, 9.17) is 5.26 Å². The number of rotatable bonds is 2. The lowest BCUT2D eigenvalue weighted by molar-refractivity contribution is 0.378. The zero-order valence-corrected chi connectivity index (χ0v) is 14.0. The minimum Gasteiger partial charge on any atom is -0.380 e. The molecule has 3 rings (SSSR count). The third-order valence-electron chi connectivity index (χ3n) is 4.43. The fourth-order valence-corrected chi connectivity index (χ4v) is 4.09. The maximum absolute atomic E-state index is 8.90. The highest BCUT2D eigenvalue weighted by molar-refractivity contribution is 8.03. The SMILES string of the molecule is CC1(C)CC(C)(c2ccccc2)c2ccc(SC#N)cc2N1. The van der Waals surface area contributed by atoms with Crippen molar-refractivity contribution in [1.29, 1.82) is 5.26 Å². The average molecular weight is 308 g/mol. The Hall–Kier alpha value is -1.92. The number of hydrogen-bond acceptors (Lipinski definition) is 3. The van der Waals surface area contributed by atoms with E-state index in [1.807, 2.05) is 6.07 Å². The molecule has 0 spiro atoms. The van der Waals surface area contributed by atoms with Gasteiger partial charge < -0.3 is 5.32 Å². The minimum atomic E-state index is -0.0266. The molecule has 1 unspecified atom stereocenters. The minimum absolute atomic E-state index is 0.00746. The third-order valence-corrected chi connectivity index (χ3v) is 5.01. The van der Waals surface area contributed by atoms with Crippen LogP contribution in [0.15, 0.2) is 53.4 Å². The predicted molar refractivity (Wildman–Crippen MR) is 93.1 cm³/mol. The lowest BCUT2D eigenvalue weighted by Gasteiger charge is -2.46. The number of nitrogens with zero attached hydrogens (tertiary/aromatic N) is 1. The highest BCUT2D eigenvalue weighted by Gasteiger charge is 2.41. The van der Waals surface area contributed by atoms with Crippen molar-refractivity contribution in [2.45, 2.75) is 43.0 Å². The van der Waals surface area contributed by atoms with E-state index in [2.05, 4.69) is 74.0 Å². The first-order valence-corrected chi connectivity index (χ1v) is 8.30. The number of nitriles is 1. The Balaban J connectivity index is 2.16. The number of benzene rings is 2. The van der Waals surface area contributed by atoms with Gasteiger partial charge in [0.05, 0.1) is 0 Å². The number of thiocyanates is 1. The van der Waals surface area contributed by atoms with Crippen molar-refractivity contribution < 1.29 is 0 Å². The molecule has 112 valence electrons. The molecule has 0 radical (unpaired) electrons. The fourth-order valence-electron chi connectivity index (χ4n) is 3.68. The normalized spacial score (nSPS) is 22.3. The highest BCUT2D eigenvalue weighted by atomic mass is 32.2. The largest absolute Gasteiger partial charge is 0.380 e. The van der Waals surface area contributed by atoms with Gasteiger partial charge in [0.25, 0.3) is 0 Å². The lowest BCUT2D eigenvalue weighted by atomic mass is 9.66. The van der Waals surface area contributed by atoms with Crippen LogP contribution in [0.25, 0.3) is 0 Å². The standard InChI is InChI=1S/C19H20N2S/c1-18(2)12-19(3,14-7-5-4-6-8-14)16-10-9-15(22-13-20)11-17(16)21-18/h4-11,21H,12H2,1-3H3. The summed E-state index contributed by atoms with van der Waals surface area (Å²) in [6, 6.07) is 17.0. The molecular weight excluding hydrogens is 288 g/mol. The second kappa shape index (κ2) is 5.37. The average Bonchev–Trinajstić information content (AvgIpc) is 2.47. The summed E-state index contributed by atoms with van der Waals surface area (Å²) < 4.78 is 0. The fraction of sp³-hybridized carbons (Fsp3) is 0.316. The molecule has 1 heterocycles. The second-order valence-corrected chi connectivity index (χ2v) is 7.64. The molecule has 2 aromatic rings. The summed E-state index contributed by atoms with van der Waals surface area (Å²) in [7, 11) is 0. The van der Waals surface area contributed by atoms with E-state index >= 15 is 0 Å². The quantitative estimate of drug-likeness (QED) is 0.615. The monoisotopic (exact) mass is 308 g/mol. The first kappa shape index (κ1) is 15.0. The van der Waals surface area contributed by atoms with Crippen LogP contribution in [0.4, 0.5) is 5.69 Å². The van der Waals surface area contributed by atoms with Crippen LogP contribution < -0.4 is 5.32 Å². The van der Waals surface area contributed by atoms with Crippen molar-refractivity contribution in [3.63, 3.8) is 0 Å². The summed E-state index contributed by atoms with van der Waals surface area (Å²) in [5.74, 6) is 0. The van der Waals surface area contributed by atoms with Gasteiger partial charge in [-0.3, -0.25) is 0 Å². The van der Waals surface area contributed by atoms with Crippen LogP contribution in [0.2, 0.25) is 0 Å². The van der Waals surface area contributed by atoms with Gasteiger partial charge in [-0.15, -0.1) is 0 Å². The van der Waals surface area contributed by atoms with Gasteiger partial charge in [0.2, 0.25) is 0 Å². The molecule has 1 aliphatic rings. The number of hydrogen-bond donors (Lipinski definition) is 1. The second-order valence-electron chi connectivity index (χ2n) is 6.78. The van der Waals surface area contributed by atoms with Gasteiger partial charge in [-0.05, 0) is 55.3 Å². The summed E-state index contributed by atoms with van der Waals surface area (Å²) in [4.78, 5) is 0.988. The van der Waals surface area contributed by atoms with Crippen molar-refractivity contribution in [2.75, 3.05) is 5.32 Å². The summed E-state index contributed by atoms with van der Waals surface area (Å²) in [6.07, 6.45) is 1.03. The number of anilines is 1. The molecule has 2 aromatic carbocycles. The topological polar surface area (TPSA) is 35.8 Å². The van der Waals surface area contributed by atoms with Gasteiger partial charge in [0, 0.05) is 21.5 Å². The summed E-state index contributed by atoms with van der Waals surface area (Å²) in [6.45, 7) is 6.79. The first-order valence-electron chi connectivity index (χ1n) is 7.49. The van der Waals surface area contributed by atoms with Crippen LogP contribution in [-0.2, 0) is 5.41 Å². The van der Waals surface area contributed by atoms with Gasteiger partial charge in [0.15, 0.2) is 0 Å². The van der Waals surface area contributed by atoms with Crippen LogP contribution in [0.1, 0.15) is 38.3 Å². The lowest BCUT2D eigenvalue weighted by Crippen LogP contribution is -2.45. The zero-order valence-electron chi connectivity index (χ0n) is 13.2. The number of fused-ring (bicyclic) bond motifs is 1. The Morgan fingerprint density at radius 3 is 2.50 bits per heavy atom. The molecule has 1 atom stereocenters. The third kappa shape index (κ3) is 2.60. The number of nitrogens with one attached hydrogen (secondary N) is 1. The van der Waals surface area contributed by atoms with Gasteiger partial charge >= 0.3 is 0 Å². The Bertz CT molecular complexity index is 731. The van der Waals surface area contributed by atoms with E-state index in [0.29, 0.717) is 0 Å². The zero-order chi connectivity index (χ0) is 15.8. The molecule has 0 aliphatic carbocycles. The van der Waals surface area contributed by atoms with Crippen molar-refractivity contribution in [3.8, 4) is 5.40 Å². The molecular formula is C19H20N2S. The van der Waals surface area contributed by atoms with E-state index in [1.54, 1.807) is 0 Å². The van der Waals surface area contributed by atoms with Crippen molar-refractivity contribution >= 4 is 17.4 Å². The Labute approximate surface area is 136 Å². The van der Waals surface area contributed by atoms with Crippen molar-refractivity contribution in [1.82, 2.24) is 0 Å². The van der Waals surface area contributed by atoms with Gasteiger partial charge in [-0.25, -0.2) is 0 Å². The summed E-state index contributed by atoms with van der Waals surface area (Å²) in [5.41, 5.74) is 3.77. The van der Waals surface area contributed by atoms with Crippen LogP contribution in [0.3, 0.4) is 0 Å². The van der Waals surface area contributed by atoms with E-state index < -0.39 is 0 Å². The smallest absolute Gasteiger partial charge is 0.138 e. The molecule has 1 aliphatic heterocycles. The predicted octanol–water partition coefficient (Wildman–Crippen LogP) is 5.16. The molecule has 0 saturated carbocycles. The van der Waals surface area contributed by atoms with Crippen molar-refractivity contribution in [2.24, 2.45) is 0 Å². The van der Waals surface area contributed by atoms with Crippen LogP contribution >= 0.6 is 11.8 Å². The van der Waals surface area contributed by atoms with E-state index in [9.17, 15) is 0 Å². The van der Waals surface area contributed by atoms with Crippen molar-refractivity contribution in [3.05, 3.63) is 59.7 Å². The maximum atomic E-state index is 8.90. The molecule has 22 heavy (non-hydrogen) atoms. The summed E-state index contributed by atoms with van der Waals surface area (Å²) in [5, 5.41) is 14.7. The molecule has 0 saturated heterocycles. The highest BCUT2D eigenvalue weighted by Crippen LogP contribution is 2.47. The molecule has 0 amide bonds. The van der Waals surface area contributed by atoms with E-state index in [0.717, 1.165) is 17.0 Å². The molecule has 1 N–H and O–H groups in total. The molecule has 0 aromatic heterocycles. The Morgan fingerprint density at radius 2 is 1.82 bits per heavy atom. The van der Waals surface area contributed by atoms with Gasteiger partial charge in [0.1, 0.15) is 5.40 Å². The van der Waals surface area contributed by atoms with Gasteiger partial charge in [-0.2, -0.15) is 5.26 Å². The Kier molecular flexibility index (Phi) is 3.66. The Morgan fingerprint density at radius 1 is 1.09 bits per heavy atom. The molecule has 2 nitrogen and oxygen atoms in total. The molecule has 0 fully saturated rings. The van der Waals surface area contributed by atoms with Crippen LogP contribution in [0, 0.1) is 10.7 Å². The van der Waals surface area contributed by atoms with Crippen LogP contribution in [-0.4, -0.2) is 5.54 Å². The number of thioether (sulfide) groups is 1. The van der Waals surface area contributed by atoms with Gasteiger partial charge in [-0.1, -0.05) is 43.3 Å². The van der Waals surface area contributed by atoms with E-state index in [1.165, 1.54) is 22.9 Å².